The molecular formula is C31H27N3O3. The van der Waals surface area contributed by atoms with Gasteiger partial charge in [0.05, 0.1) is 11.8 Å². The SMILES string of the molecule is O=C(N/N=C/c1ccc(OC(=O)c2ccccc2)cc1)c1ccc(CN2CCc3ccccc3C2)cc1. The zero-order valence-corrected chi connectivity index (χ0v) is 20.3. The fourth-order valence-electron chi connectivity index (χ4n) is 4.30. The molecule has 184 valence electrons. The lowest BCUT2D eigenvalue weighted by Gasteiger charge is -2.28. The fraction of sp³-hybridized carbons (Fsp3) is 0.129. The summed E-state index contributed by atoms with van der Waals surface area (Å²) in [7, 11) is 0. The molecule has 0 fully saturated rings. The Morgan fingerprint density at radius 3 is 2.27 bits per heavy atom. The van der Waals surface area contributed by atoms with E-state index in [0.717, 1.165) is 31.6 Å². The molecule has 0 saturated carbocycles. The predicted octanol–water partition coefficient (Wildman–Crippen LogP) is 5.23. The molecule has 0 bridgehead atoms. The standard InChI is InChI=1S/C31H27N3O3/c35-30(26-14-10-24(11-15-26)21-34-19-18-25-6-4-5-9-28(25)22-34)33-32-20-23-12-16-29(17-13-23)37-31(36)27-7-2-1-3-8-27/h1-17,20H,18-19,21-22H2,(H,33,35)/b32-20+. The van der Waals surface area contributed by atoms with Crippen LogP contribution in [-0.2, 0) is 19.5 Å². The summed E-state index contributed by atoms with van der Waals surface area (Å²) in [5, 5.41) is 4.05. The first-order chi connectivity index (χ1) is 18.1. The van der Waals surface area contributed by atoms with Gasteiger partial charge in [-0.25, -0.2) is 10.2 Å². The van der Waals surface area contributed by atoms with Crippen molar-refractivity contribution in [2.24, 2.45) is 5.10 Å². The minimum absolute atomic E-state index is 0.275. The molecule has 0 atom stereocenters. The minimum Gasteiger partial charge on any atom is -0.423 e. The van der Waals surface area contributed by atoms with Crippen LogP contribution in [0.4, 0.5) is 0 Å². The topological polar surface area (TPSA) is 71.0 Å². The molecule has 6 heteroatoms. The number of hydrogen-bond donors (Lipinski definition) is 1. The second kappa shape index (κ2) is 11.5. The zero-order chi connectivity index (χ0) is 25.5. The van der Waals surface area contributed by atoms with Gasteiger partial charge in [-0.1, -0.05) is 54.6 Å². The minimum atomic E-state index is -0.415. The largest absolute Gasteiger partial charge is 0.423 e. The molecule has 6 nitrogen and oxygen atoms in total. The Kier molecular flexibility index (Phi) is 7.48. The van der Waals surface area contributed by atoms with Crippen LogP contribution in [0, 0.1) is 0 Å². The number of ether oxygens (including phenoxy) is 1. The molecule has 1 aliphatic heterocycles. The summed E-state index contributed by atoms with van der Waals surface area (Å²) >= 11 is 0. The van der Waals surface area contributed by atoms with E-state index in [4.69, 9.17) is 4.74 Å². The lowest BCUT2D eigenvalue weighted by molar-refractivity contribution is 0.0734. The maximum atomic E-state index is 12.5. The van der Waals surface area contributed by atoms with Gasteiger partial charge in [-0.3, -0.25) is 9.69 Å². The lowest BCUT2D eigenvalue weighted by Crippen LogP contribution is -2.30. The molecule has 0 spiro atoms. The molecule has 1 N–H and O–H groups in total. The van der Waals surface area contributed by atoms with Gasteiger partial charge >= 0.3 is 5.97 Å². The second-order valence-corrected chi connectivity index (χ2v) is 8.95. The molecule has 37 heavy (non-hydrogen) atoms. The molecule has 5 rings (SSSR count). The van der Waals surface area contributed by atoms with Crippen LogP contribution < -0.4 is 10.2 Å². The van der Waals surface area contributed by atoms with Gasteiger partial charge in [-0.15, -0.1) is 0 Å². The summed E-state index contributed by atoms with van der Waals surface area (Å²) in [6, 6.07) is 32.0. The molecular weight excluding hydrogens is 462 g/mol. The van der Waals surface area contributed by atoms with E-state index in [-0.39, 0.29) is 5.91 Å². The lowest BCUT2D eigenvalue weighted by atomic mass is 9.99. The summed E-state index contributed by atoms with van der Waals surface area (Å²) in [6.45, 7) is 2.83. The van der Waals surface area contributed by atoms with Gasteiger partial charge in [0.2, 0.25) is 0 Å². The van der Waals surface area contributed by atoms with E-state index in [0.29, 0.717) is 16.9 Å². The highest BCUT2D eigenvalue weighted by molar-refractivity contribution is 5.95. The number of hydrogen-bond acceptors (Lipinski definition) is 5. The molecule has 1 aliphatic rings. The smallest absolute Gasteiger partial charge is 0.343 e. The maximum Gasteiger partial charge on any atom is 0.343 e. The first-order valence-corrected chi connectivity index (χ1v) is 12.2. The number of nitrogens with one attached hydrogen (secondary N) is 1. The third-order valence-electron chi connectivity index (χ3n) is 6.31. The molecule has 4 aromatic rings. The number of carbonyl (C=O) groups excluding carboxylic acids is 2. The van der Waals surface area contributed by atoms with Gasteiger partial charge < -0.3 is 4.74 Å². The molecule has 1 amide bonds. The van der Waals surface area contributed by atoms with Crippen molar-refractivity contribution in [1.82, 2.24) is 10.3 Å². The van der Waals surface area contributed by atoms with Crippen molar-refractivity contribution < 1.29 is 14.3 Å². The highest BCUT2D eigenvalue weighted by Gasteiger charge is 2.16. The van der Waals surface area contributed by atoms with Gasteiger partial charge in [-0.05, 0) is 77.2 Å². The van der Waals surface area contributed by atoms with Crippen molar-refractivity contribution in [3.05, 3.63) is 137 Å². The van der Waals surface area contributed by atoms with Crippen LogP contribution in [-0.4, -0.2) is 29.5 Å². The fourth-order valence-corrected chi connectivity index (χ4v) is 4.30. The van der Waals surface area contributed by atoms with Gasteiger partial charge in [-0.2, -0.15) is 5.10 Å². The molecule has 0 aliphatic carbocycles. The molecule has 4 aromatic carbocycles. The van der Waals surface area contributed by atoms with E-state index in [2.05, 4.69) is 39.7 Å². The number of amides is 1. The van der Waals surface area contributed by atoms with Crippen LogP contribution in [0.5, 0.6) is 5.75 Å². The van der Waals surface area contributed by atoms with E-state index < -0.39 is 5.97 Å². The molecule has 0 saturated heterocycles. The van der Waals surface area contributed by atoms with E-state index in [9.17, 15) is 9.59 Å². The number of hydrazone groups is 1. The van der Waals surface area contributed by atoms with Gasteiger partial charge in [0, 0.05) is 25.2 Å². The Morgan fingerprint density at radius 2 is 1.51 bits per heavy atom. The van der Waals surface area contributed by atoms with Gasteiger partial charge in [0.15, 0.2) is 0 Å². The van der Waals surface area contributed by atoms with Crippen LogP contribution in [0.3, 0.4) is 0 Å². The Hall–Kier alpha value is -4.55. The predicted molar refractivity (Wildman–Crippen MR) is 144 cm³/mol. The number of esters is 1. The second-order valence-electron chi connectivity index (χ2n) is 8.95. The van der Waals surface area contributed by atoms with Crippen molar-refractivity contribution in [2.75, 3.05) is 6.54 Å². The molecule has 1 heterocycles. The number of nitrogens with zero attached hydrogens (tertiary/aromatic N) is 2. The average Bonchev–Trinajstić information content (AvgIpc) is 2.95. The van der Waals surface area contributed by atoms with Crippen LogP contribution in [0.15, 0.2) is 108 Å². The normalized spacial score (nSPS) is 13.2. The van der Waals surface area contributed by atoms with Crippen LogP contribution in [0.25, 0.3) is 0 Å². The van der Waals surface area contributed by atoms with E-state index >= 15 is 0 Å². The first-order valence-electron chi connectivity index (χ1n) is 12.2. The first kappa shape index (κ1) is 24.2. The molecule has 0 radical (unpaired) electrons. The molecule has 0 unspecified atom stereocenters. The van der Waals surface area contributed by atoms with Crippen LogP contribution >= 0.6 is 0 Å². The Balaban J connectivity index is 1.10. The van der Waals surface area contributed by atoms with E-state index in [1.165, 1.54) is 16.7 Å². The van der Waals surface area contributed by atoms with Crippen molar-refractivity contribution in [3.8, 4) is 5.75 Å². The Morgan fingerprint density at radius 1 is 0.811 bits per heavy atom. The van der Waals surface area contributed by atoms with Crippen molar-refractivity contribution in [3.63, 3.8) is 0 Å². The number of fused-ring (bicyclic) bond motifs is 1. The number of rotatable bonds is 7. The zero-order valence-electron chi connectivity index (χ0n) is 20.3. The Bertz CT molecular complexity index is 1400. The van der Waals surface area contributed by atoms with Crippen LogP contribution in [0.2, 0.25) is 0 Å². The summed E-state index contributed by atoms with van der Waals surface area (Å²) in [6.07, 6.45) is 2.61. The molecule has 0 aromatic heterocycles. The van der Waals surface area contributed by atoms with E-state index in [1.54, 1.807) is 54.7 Å². The maximum absolute atomic E-state index is 12.5. The third-order valence-corrected chi connectivity index (χ3v) is 6.31. The summed E-state index contributed by atoms with van der Waals surface area (Å²) < 4.78 is 5.37. The highest BCUT2D eigenvalue weighted by atomic mass is 16.5. The van der Waals surface area contributed by atoms with Gasteiger partial charge in [0.25, 0.3) is 5.91 Å². The van der Waals surface area contributed by atoms with Crippen LogP contribution in [0.1, 0.15) is 43.0 Å². The quantitative estimate of drug-likeness (QED) is 0.167. The van der Waals surface area contributed by atoms with Crippen molar-refractivity contribution in [1.29, 1.82) is 0 Å². The van der Waals surface area contributed by atoms with Gasteiger partial charge in [0.1, 0.15) is 5.75 Å². The number of carbonyl (C=O) groups is 2. The Labute approximate surface area is 216 Å². The monoisotopic (exact) mass is 489 g/mol. The summed E-state index contributed by atoms with van der Waals surface area (Å²) in [5.41, 5.74) is 8.37. The van der Waals surface area contributed by atoms with Crippen molar-refractivity contribution >= 4 is 18.1 Å². The van der Waals surface area contributed by atoms with E-state index in [1.807, 2.05) is 30.3 Å². The highest BCUT2D eigenvalue weighted by Crippen LogP contribution is 2.20. The third kappa shape index (κ3) is 6.37. The average molecular weight is 490 g/mol. The summed E-state index contributed by atoms with van der Waals surface area (Å²) in [5.74, 6) is -0.256. The number of benzene rings is 4. The van der Waals surface area contributed by atoms with Crippen molar-refractivity contribution in [2.45, 2.75) is 19.5 Å². The summed E-state index contributed by atoms with van der Waals surface area (Å²) in [4.78, 5) is 27.1.